The number of aromatic hydroxyl groups is 1. The van der Waals surface area contributed by atoms with Crippen molar-refractivity contribution >= 4 is 15.9 Å². The standard InChI is InChI=1S/C16H25BrN2O/c1-2-3-4-8-15(19-11-9-18-10-12-19)13-6-5-7-14(17)16(13)20/h5-7,15,18,20H,2-4,8-12H2,1H3/t15-/m0/s1. The number of halogens is 1. The van der Waals surface area contributed by atoms with E-state index in [9.17, 15) is 5.11 Å². The van der Waals surface area contributed by atoms with Crippen LogP contribution >= 0.6 is 15.9 Å². The Morgan fingerprint density at radius 3 is 2.75 bits per heavy atom. The number of phenols is 1. The zero-order valence-electron chi connectivity index (χ0n) is 12.2. The molecule has 0 radical (unpaired) electrons. The molecule has 0 unspecified atom stereocenters. The second kappa shape index (κ2) is 8.01. The van der Waals surface area contributed by atoms with Crippen LogP contribution in [0.1, 0.15) is 44.2 Å². The fraction of sp³-hybridized carbons (Fsp3) is 0.625. The van der Waals surface area contributed by atoms with Gasteiger partial charge in [-0.25, -0.2) is 0 Å². The lowest BCUT2D eigenvalue weighted by Gasteiger charge is -2.35. The van der Waals surface area contributed by atoms with Gasteiger partial charge in [0.25, 0.3) is 0 Å². The van der Waals surface area contributed by atoms with Crippen LogP contribution in [-0.2, 0) is 0 Å². The Bertz CT molecular complexity index is 419. The maximum absolute atomic E-state index is 10.4. The molecule has 1 aromatic carbocycles. The third kappa shape index (κ3) is 3.96. The van der Waals surface area contributed by atoms with E-state index in [0.29, 0.717) is 11.8 Å². The summed E-state index contributed by atoms with van der Waals surface area (Å²) in [6.45, 7) is 6.43. The molecular weight excluding hydrogens is 316 g/mol. The van der Waals surface area contributed by atoms with Gasteiger partial charge in [0.15, 0.2) is 0 Å². The lowest BCUT2D eigenvalue weighted by atomic mass is 9.97. The van der Waals surface area contributed by atoms with Crippen LogP contribution in [0.5, 0.6) is 5.75 Å². The average molecular weight is 341 g/mol. The summed E-state index contributed by atoms with van der Waals surface area (Å²) < 4.78 is 0.797. The van der Waals surface area contributed by atoms with Crippen molar-refractivity contribution in [1.29, 1.82) is 0 Å². The molecule has 1 fully saturated rings. The van der Waals surface area contributed by atoms with Gasteiger partial charge in [0.1, 0.15) is 5.75 Å². The molecule has 2 rings (SSSR count). The quantitative estimate of drug-likeness (QED) is 0.775. The molecule has 3 nitrogen and oxygen atoms in total. The van der Waals surface area contributed by atoms with Gasteiger partial charge in [-0.1, -0.05) is 38.3 Å². The maximum atomic E-state index is 10.4. The highest BCUT2D eigenvalue weighted by Crippen LogP contribution is 2.37. The number of rotatable bonds is 6. The second-order valence-electron chi connectivity index (χ2n) is 5.48. The molecule has 20 heavy (non-hydrogen) atoms. The van der Waals surface area contributed by atoms with Crippen LogP contribution < -0.4 is 5.32 Å². The number of phenolic OH excluding ortho intramolecular Hbond substituents is 1. The summed E-state index contributed by atoms with van der Waals surface area (Å²) >= 11 is 3.44. The monoisotopic (exact) mass is 340 g/mol. The molecule has 1 atom stereocenters. The summed E-state index contributed by atoms with van der Waals surface area (Å²) in [5.74, 6) is 0.410. The topological polar surface area (TPSA) is 35.5 Å². The summed E-state index contributed by atoms with van der Waals surface area (Å²) in [5, 5.41) is 13.8. The van der Waals surface area contributed by atoms with Gasteiger partial charge in [0, 0.05) is 37.8 Å². The molecule has 1 heterocycles. The zero-order valence-corrected chi connectivity index (χ0v) is 13.8. The predicted octanol–water partition coefficient (Wildman–Crippen LogP) is 3.68. The van der Waals surface area contributed by atoms with Crippen molar-refractivity contribution in [2.45, 2.75) is 38.6 Å². The Labute approximate surface area is 130 Å². The maximum Gasteiger partial charge on any atom is 0.134 e. The molecular formula is C16H25BrN2O. The van der Waals surface area contributed by atoms with Crippen molar-refractivity contribution in [2.24, 2.45) is 0 Å². The van der Waals surface area contributed by atoms with Gasteiger partial charge >= 0.3 is 0 Å². The number of hydrogen-bond acceptors (Lipinski definition) is 3. The number of nitrogens with zero attached hydrogens (tertiary/aromatic N) is 1. The highest BCUT2D eigenvalue weighted by Gasteiger charge is 2.24. The minimum Gasteiger partial charge on any atom is -0.506 e. The van der Waals surface area contributed by atoms with E-state index in [2.05, 4.69) is 39.1 Å². The first-order valence-corrected chi connectivity index (χ1v) is 8.45. The third-order valence-electron chi connectivity index (χ3n) is 4.05. The van der Waals surface area contributed by atoms with Crippen LogP contribution in [-0.4, -0.2) is 36.2 Å². The SMILES string of the molecule is CCCCC[C@@H](c1cccc(Br)c1O)N1CCNCC1. The van der Waals surface area contributed by atoms with E-state index in [4.69, 9.17) is 0 Å². The van der Waals surface area contributed by atoms with Crippen LogP contribution in [0.3, 0.4) is 0 Å². The van der Waals surface area contributed by atoms with E-state index in [1.165, 1.54) is 19.3 Å². The first kappa shape index (κ1) is 15.8. The van der Waals surface area contributed by atoms with Crippen LogP contribution in [0, 0.1) is 0 Å². The molecule has 0 spiro atoms. The Hall–Kier alpha value is -0.580. The van der Waals surface area contributed by atoms with Crippen molar-refractivity contribution < 1.29 is 5.11 Å². The molecule has 1 aliphatic rings. The van der Waals surface area contributed by atoms with Crippen molar-refractivity contribution in [3.8, 4) is 5.75 Å². The lowest BCUT2D eigenvalue weighted by molar-refractivity contribution is 0.160. The number of para-hydroxylation sites is 1. The van der Waals surface area contributed by atoms with Crippen LogP contribution in [0.2, 0.25) is 0 Å². The Morgan fingerprint density at radius 2 is 2.05 bits per heavy atom. The van der Waals surface area contributed by atoms with Crippen molar-refractivity contribution in [3.05, 3.63) is 28.2 Å². The highest BCUT2D eigenvalue weighted by atomic mass is 79.9. The Morgan fingerprint density at radius 1 is 1.30 bits per heavy atom. The molecule has 1 saturated heterocycles. The minimum atomic E-state index is 0.334. The van der Waals surface area contributed by atoms with E-state index < -0.39 is 0 Å². The van der Waals surface area contributed by atoms with Gasteiger partial charge in [-0.3, -0.25) is 4.90 Å². The summed E-state index contributed by atoms with van der Waals surface area (Å²) in [5.41, 5.74) is 1.07. The molecule has 0 aliphatic carbocycles. The fourth-order valence-corrected chi connectivity index (χ4v) is 3.30. The Balaban J connectivity index is 2.17. The number of hydrogen-bond donors (Lipinski definition) is 2. The molecule has 1 aromatic rings. The summed E-state index contributed by atoms with van der Waals surface area (Å²) in [4.78, 5) is 2.51. The van der Waals surface area contributed by atoms with Crippen molar-refractivity contribution in [2.75, 3.05) is 26.2 Å². The van der Waals surface area contributed by atoms with Crippen LogP contribution in [0.4, 0.5) is 0 Å². The molecule has 0 amide bonds. The molecule has 1 aliphatic heterocycles. The van der Waals surface area contributed by atoms with Crippen LogP contribution in [0.25, 0.3) is 0 Å². The van der Waals surface area contributed by atoms with Crippen molar-refractivity contribution in [3.63, 3.8) is 0 Å². The van der Waals surface area contributed by atoms with Gasteiger partial charge < -0.3 is 10.4 Å². The number of piperazine rings is 1. The molecule has 4 heteroatoms. The lowest BCUT2D eigenvalue weighted by Crippen LogP contribution is -2.45. The van der Waals surface area contributed by atoms with E-state index in [-0.39, 0.29) is 0 Å². The highest BCUT2D eigenvalue weighted by molar-refractivity contribution is 9.10. The van der Waals surface area contributed by atoms with Gasteiger partial charge in [0.2, 0.25) is 0 Å². The molecule has 112 valence electrons. The number of benzene rings is 1. The number of unbranched alkanes of at least 4 members (excludes halogenated alkanes) is 2. The zero-order chi connectivity index (χ0) is 14.4. The van der Waals surface area contributed by atoms with Crippen LogP contribution in [0.15, 0.2) is 22.7 Å². The summed E-state index contributed by atoms with van der Waals surface area (Å²) in [6, 6.07) is 6.33. The smallest absolute Gasteiger partial charge is 0.134 e. The molecule has 0 aromatic heterocycles. The second-order valence-corrected chi connectivity index (χ2v) is 6.33. The normalized spacial score (nSPS) is 18.1. The fourth-order valence-electron chi connectivity index (χ4n) is 2.92. The average Bonchev–Trinajstić information content (AvgIpc) is 2.48. The summed E-state index contributed by atoms with van der Waals surface area (Å²) in [7, 11) is 0. The molecule has 0 saturated carbocycles. The molecule has 0 bridgehead atoms. The van der Waals surface area contributed by atoms with Gasteiger partial charge in [0.05, 0.1) is 4.47 Å². The third-order valence-corrected chi connectivity index (χ3v) is 4.69. The first-order valence-electron chi connectivity index (χ1n) is 7.66. The largest absolute Gasteiger partial charge is 0.506 e. The first-order chi connectivity index (χ1) is 9.74. The number of nitrogens with one attached hydrogen (secondary N) is 1. The van der Waals surface area contributed by atoms with Gasteiger partial charge in [-0.2, -0.15) is 0 Å². The Kier molecular flexibility index (Phi) is 6.33. The minimum absolute atomic E-state index is 0.334. The predicted molar refractivity (Wildman–Crippen MR) is 87.1 cm³/mol. The van der Waals surface area contributed by atoms with Gasteiger partial charge in [-0.05, 0) is 28.4 Å². The van der Waals surface area contributed by atoms with E-state index in [1.807, 2.05) is 12.1 Å². The van der Waals surface area contributed by atoms with Crippen molar-refractivity contribution in [1.82, 2.24) is 10.2 Å². The van der Waals surface area contributed by atoms with E-state index >= 15 is 0 Å². The van der Waals surface area contributed by atoms with E-state index in [1.54, 1.807) is 0 Å². The van der Waals surface area contributed by atoms with Gasteiger partial charge in [-0.15, -0.1) is 0 Å². The summed E-state index contributed by atoms with van der Waals surface area (Å²) in [6.07, 6.45) is 4.84. The molecule has 2 N–H and O–H groups in total. The van der Waals surface area contributed by atoms with E-state index in [0.717, 1.165) is 42.6 Å².